The van der Waals surface area contributed by atoms with Gasteiger partial charge >= 0.3 is 6.09 Å². The van der Waals surface area contributed by atoms with Crippen LogP contribution < -0.4 is 15.0 Å². The lowest BCUT2D eigenvalue weighted by atomic mass is 10.1. The van der Waals surface area contributed by atoms with Crippen molar-refractivity contribution in [2.75, 3.05) is 16.8 Å². The van der Waals surface area contributed by atoms with Gasteiger partial charge in [0.25, 0.3) is 0 Å². The molecule has 0 saturated carbocycles. The molecule has 0 bridgehead atoms. The highest BCUT2D eigenvalue weighted by atomic mass is 19.1. The molecule has 10 heteroatoms. The van der Waals surface area contributed by atoms with Crippen molar-refractivity contribution in [3.05, 3.63) is 60.4 Å². The Bertz CT molecular complexity index is 1080. The fourth-order valence-electron chi connectivity index (χ4n) is 3.24. The SMILES string of the molecule is CC(C)[C@H]1COC(=O)N1c1ncnc(N[C@@H](C)c2ccc(Oc3ccc(F)cc3)cn2)n1. The molecule has 0 spiro atoms. The molecule has 1 aliphatic heterocycles. The number of hydrogen-bond donors (Lipinski definition) is 1. The van der Waals surface area contributed by atoms with Gasteiger partial charge in [-0.15, -0.1) is 0 Å². The molecule has 4 rings (SSSR count). The smallest absolute Gasteiger partial charge is 0.417 e. The number of aromatic nitrogens is 4. The van der Waals surface area contributed by atoms with Crippen molar-refractivity contribution in [2.45, 2.75) is 32.9 Å². The van der Waals surface area contributed by atoms with Crippen LogP contribution in [0.25, 0.3) is 0 Å². The van der Waals surface area contributed by atoms with Crippen LogP contribution in [0, 0.1) is 11.7 Å². The van der Waals surface area contributed by atoms with Crippen LogP contribution in [0.2, 0.25) is 0 Å². The molecular weight excluding hydrogens is 415 g/mol. The maximum atomic E-state index is 13.0. The minimum atomic E-state index is -0.465. The third kappa shape index (κ3) is 4.74. The molecule has 0 radical (unpaired) electrons. The molecule has 1 aliphatic rings. The molecule has 0 aliphatic carbocycles. The van der Waals surface area contributed by atoms with Gasteiger partial charge in [-0.3, -0.25) is 4.98 Å². The standard InChI is InChI=1S/C22H23FN6O3/c1-13(2)19-11-31-22(30)29(19)21-26-12-25-20(28-21)27-14(3)18-9-8-17(10-24-18)32-16-6-4-15(23)5-7-16/h4-10,12-14,19H,11H2,1-3H3,(H,25,26,27,28)/t14-,19+/m0/s1. The van der Waals surface area contributed by atoms with Gasteiger partial charge in [0.15, 0.2) is 0 Å². The van der Waals surface area contributed by atoms with E-state index in [9.17, 15) is 9.18 Å². The first-order valence-electron chi connectivity index (χ1n) is 10.2. The number of carbonyl (C=O) groups is 1. The van der Waals surface area contributed by atoms with Crippen LogP contribution in [0.5, 0.6) is 11.5 Å². The lowest BCUT2D eigenvalue weighted by Gasteiger charge is -2.22. The van der Waals surface area contributed by atoms with Gasteiger partial charge < -0.3 is 14.8 Å². The second-order valence-corrected chi connectivity index (χ2v) is 7.71. The van der Waals surface area contributed by atoms with Crippen LogP contribution in [0.15, 0.2) is 48.9 Å². The molecule has 3 heterocycles. The zero-order chi connectivity index (χ0) is 22.7. The van der Waals surface area contributed by atoms with E-state index >= 15 is 0 Å². The van der Waals surface area contributed by atoms with Crippen LogP contribution in [0.3, 0.4) is 0 Å². The number of ether oxygens (including phenoxy) is 2. The third-order valence-corrected chi connectivity index (χ3v) is 5.05. The van der Waals surface area contributed by atoms with Crippen LogP contribution >= 0.6 is 0 Å². The zero-order valence-corrected chi connectivity index (χ0v) is 17.9. The minimum absolute atomic E-state index is 0.134. The molecule has 1 amide bonds. The summed E-state index contributed by atoms with van der Waals surface area (Å²) in [5, 5.41) is 3.17. The molecule has 1 aromatic carbocycles. The Morgan fingerprint density at radius 2 is 1.84 bits per heavy atom. The highest BCUT2D eigenvalue weighted by Gasteiger charge is 2.38. The molecule has 166 valence electrons. The van der Waals surface area contributed by atoms with Gasteiger partial charge in [-0.05, 0) is 49.2 Å². The molecule has 2 aromatic heterocycles. The monoisotopic (exact) mass is 438 g/mol. The molecule has 3 aromatic rings. The molecule has 9 nitrogen and oxygen atoms in total. The normalized spacial score (nSPS) is 16.7. The lowest BCUT2D eigenvalue weighted by molar-refractivity contribution is 0.177. The predicted molar refractivity (Wildman–Crippen MR) is 115 cm³/mol. The minimum Gasteiger partial charge on any atom is -0.456 e. The number of benzene rings is 1. The Morgan fingerprint density at radius 3 is 2.53 bits per heavy atom. The Hall–Kier alpha value is -3.82. The van der Waals surface area contributed by atoms with E-state index in [4.69, 9.17) is 9.47 Å². The maximum absolute atomic E-state index is 13.0. The number of nitrogens with zero attached hydrogens (tertiary/aromatic N) is 5. The predicted octanol–water partition coefficient (Wildman–Crippen LogP) is 4.35. The second-order valence-electron chi connectivity index (χ2n) is 7.71. The van der Waals surface area contributed by atoms with Crippen molar-refractivity contribution in [2.24, 2.45) is 5.92 Å². The first-order valence-corrected chi connectivity index (χ1v) is 10.2. The van der Waals surface area contributed by atoms with Gasteiger partial charge in [-0.1, -0.05) is 13.8 Å². The Kier molecular flexibility index (Phi) is 6.11. The van der Waals surface area contributed by atoms with Crippen LogP contribution in [0.4, 0.5) is 21.1 Å². The van der Waals surface area contributed by atoms with Gasteiger partial charge in [0.2, 0.25) is 11.9 Å². The van der Waals surface area contributed by atoms with E-state index in [1.165, 1.54) is 23.4 Å². The Labute approximate surface area is 184 Å². The van der Waals surface area contributed by atoms with Gasteiger partial charge in [-0.25, -0.2) is 24.1 Å². The van der Waals surface area contributed by atoms with Gasteiger partial charge in [-0.2, -0.15) is 4.98 Å². The fraction of sp³-hybridized carbons (Fsp3) is 0.318. The van der Waals surface area contributed by atoms with Crippen molar-refractivity contribution in [3.63, 3.8) is 0 Å². The Morgan fingerprint density at radius 1 is 1.09 bits per heavy atom. The number of hydrogen-bond acceptors (Lipinski definition) is 8. The van der Waals surface area contributed by atoms with E-state index in [1.807, 2.05) is 26.8 Å². The van der Waals surface area contributed by atoms with E-state index in [0.717, 1.165) is 5.69 Å². The summed E-state index contributed by atoms with van der Waals surface area (Å²) in [5.74, 6) is 1.47. The quantitative estimate of drug-likeness (QED) is 0.581. The van der Waals surface area contributed by atoms with E-state index in [0.29, 0.717) is 24.1 Å². The van der Waals surface area contributed by atoms with Crippen molar-refractivity contribution in [1.82, 2.24) is 19.9 Å². The molecule has 1 saturated heterocycles. The first-order chi connectivity index (χ1) is 15.4. The third-order valence-electron chi connectivity index (χ3n) is 5.05. The first kappa shape index (κ1) is 21.4. The largest absolute Gasteiger partial charge is 0.456 e. The molecule has 1 N–H and O–H groups in total. The average Bonchev–Trinajstić information content (AvgIpc) is 3.18. The number of cyclic esters (lactones) is 1. The summed E-state index contributed by atoms with van der Waals surface area (Å²) in [6.07, 6.45) is 2.48. The number of anilines is 2. The highest BCUT2D eigenvalue weighted by molar-refractivity contribution is 5.88. The summed E-state index contributed by atoms with van der Waals surface area (Å²) in [6.45, 7) is 6.24. The van der Waals surface area contributed by atoms with Crippen LogP contribution in [-0.2, 0) is 4.74 Å². The van der Waals surface area contributed by atoms with E-state index in [-0.39, 0.29) is 29.8 Å². The van der Waals surface area contributed by atoms with E-state index in [1.54, 1.807) is 24.4 Å². The molecule has 1 fully saturated rings. The van der Waals surface area contributed by atoms with Gasteiger partial charge in [0, 0.05) is 0 Å². The maximum Gasteiger partial charge on any atom is 0.417 e. The van der Waals surface area contributed by atoms with Crippen LogP contribution in [0.1, 0.15) is 32.5 Å². The summed E-state index contributed by atoms with van der Waals surface area (Å²) < 4.78 is 23.9. The summed E-state index contributed by atoms with van der Waals surface area (Å²) in [6, 6.07) is 8.98. The molecule has 0 unspecified atom stereocenters. The number of carbonyl (C=O) groups excluding carboxylic acids is 1. The second kappa shape index (κ2) is 9.13. The van der Waals surface area contributed by atoms with Crippen molar-refractivity contribution in [3.8, 4) is 11.5 Å². The van der Waals surface area contributed by atoms with Crippen molar-refractivity contribution >= 4 is 18.0 Å². The van der Waals surface area contributed by atoms with Gasteiger partial charge in [0.05, 0.1) is 24.0 Å². The summed E-state index contributed by atoms with van der Waals surface area (Å²) in [7, 11) is 0. The number of halogens is 1. The number of pyridine rings is 1. The van der Waals surface area contributed by atoms with Crippen molar-refractivity contribution < 1.29 is 18.7 Å². The number of amides is 1. The summed E-state index contributed by atoms with van der Waals surface area (Å²) in [4.78, 5) is 30.7. The Balaban J connectivity index is 1.43. The number of rotatable bonds is 7. The lowest BCUT2D eigenvalue weighted by Crippen LogP contribution is -2.38. The average molecular weight is 438 g/mol. The highest BCUT2D eigenvalue weighted by Crippen LogP contribution is 2.26. The topological polar surface area (TPSA) is 102 Å². The summed E-state index contributed by atoms with van der Waals surface area (Å²) >= 11 is 0. The van der Waals surface area contributed by atoms with Gasteiger partial charge in [0.1, 0.15) is 30.3 Å². The molecule has 2 atom stereocenters. The number of nitrogens with one attached hydrogen (secondary N) is 1. The molecular formula is C22H23FN6O3. The fourth-order valence-corrected chi connectivity index (χ4v) is 3.24. The molecule has 32 heavy (non-hydrogen) atoms. The zero-order valence-electron chi connectivity index (χ0n) is 17.9. The van der Waals surface area contributed by atoms with Crippen LogP contribution in [-0.4, -0.2) is 38.7 Å². The summed E-state index contributed by atoms with van der Waals surface area (Å²) in [5.41, 5.74) is 0.735. The van der Waals surface area contributed by atoms with E-state index in [2.05, 4.69) is 25.3 Å². The van der Waals surface area contributed by atoms with Crippen molar-refractivity contribution in [1.29, 1.82) is 0 Å². The van der Waals surface area contributed by atoms with E-state index < -0.39 is 6.09 Å².